The van der Waals surface area contributed by atoms with Crippen LogP contribution in [0.15, 0.2) is 60.7 Å². The van der Waals surface area contributed by atoms with E-state index in [1.165, 1.54) is 32.0 Å². The van der Waals surface area contributed by atoms with Gasteiger partial charge in [-0.3, -0.25) is 9.59 Å². The van der Waals surface area contributed by atoms with Crippen LogP contribution in [-0.4, -0.2) is 34.9 Å². The van der Waals surface area contributed by atoms with Gasteiger partial charge in [0.2, 0.25) is 5.78 Å². The van der Waals surface area contributed by atoms with Gasteiger partial charge in [0.1, 0.15) is 6.54 Å². The molecule has 0 N–H and O–H groups in total. The van der Waals surface area contributed by atoms with E-state index in [2.05, 4.69) is 0 Å². The second kappa shape index (κ2) is 9.21. The summed E-state index contributed by atoms with van der Waals surface area (Å²) < 4.78 is 44.4. The van der Waals surface area contributed by atoms with E-state index in [9.17, 15) is 27.6 Å². The summed E-state index contributed by atoms with van der Waals surface area (Å²) in [4.78, 5) is 37.9. The van der Waals surface area contributed by atoms with E-state index in [1.807, 2.05) is 0 Å². The summed E-state index contributed by atoms with van der Waals surface area (Å²) in [5.41, 5.74) is 0.971. The lowest BCUT2D eigenvalue weighted by Crippen LogP contribution is -2.20. The van der Waals surface area contributed by atoms with E-state index in [1.54, 1.807) is 42.5 Å². The zero-order valence-electron chi connectivity index (χ0n) is 17.4. The van der Waals surface area contributed by atoms with Crippen LogP contribution in [-0.2, 0) is 11.3 Å². The SMILES string of the molecule is Cc1cc(C(=O)COC(=O)c2ccccc2C(=O)c2ccccc2)c(C)n1CC(F)(F)F. The van der Waals surface area contributed by atoms with Crippen molar-refractivity contribution in [3.63, 3.8) is 0 Å². The highest BCUT2D eigenvalue weighted by atomic mass is 19.4. The number of carbonyl (C=O) groups excluding carboxylic acids is 3. The fraction of sp³-hybridized carbons (Fsp3) is 0.208. The number of carbonyl (C=O) groups is 3. The van der Waals surface area contributed by atoms with Crippen molar-refractivity contribution < 1.29 is 32.3 Å². The number of ether oxygens (including phenoxy) is 1. The average molecular weight is 443 g/mol. The van der Waals surface area contributed by atoms with Crippen LogP contribution in [0.4, 0.5) is 13.2 Å². The summed E-state index contributed by atoms with van der Waals surface area (Å²) in [7, 11) is 0. The lowest BCUT2D eigenvalue weighted by molar-refractivity contribution is -0.141. The number of aromatic nitrogens is 1. The standard InChI is InChI=1S/C24H20F3NO4/c1-15-12-20(16(2)28(15)14-24(25,26)27)21(29)13-32-23(31)19-11-7-6-10-18(19)22(30)17-8-4-3-5-9-17/h3-12H,13-14H2,1-2H3. The number of ketones is 2. The van der Waals surface area contributed by atoms with Gasteiger partial charge in [-0.05, 0) is 26.0 Å². The molecule has 2 aromatic carbocycles. The average Bonchev–Trinajstić information content (AvgIpc) is 3.04. The molecule has 3 aromatic rings. The minimum Gasteiger partial charge on any atom is -0.454 e. The van der Waals surface area contributed by atoms with E-state index in [0.717, 1.165) is 4.57 Å². The smallest absolute Gasteiger partial charge is 0.406 e. The summed E-state index contributed by atoms with van der Waals surface area (Å²) >= 11 is 0. The molecule has 0 fully saturated rings. The second-order valence-electron chi connectivity index (χ2n) is 7.23. The van der Waals surface area contributed by atoms with E-state index in [0.29, 0.717) is 5.56 Å². The number of benzene rings is 2. The lowest BCUT2D eigenvalue weighted by Gasteiger charge is -2.12. The number of hydrogen-bond acceptors (Lipinski definition) is 4. The van der Waals surface area contributed by atoms with Crippen LogP contribution in [0.5, 0.6) is 0 Å². The van der Waals surface area contributed by atoms with Gasteiger partial charge in [-0.15, -0.1) is 0 Å². The van der Waals surface area contributed by atoms with Gasteiger partial charge in [0.05, 0.1) is 5.56 Å². The summed E-state index contributed by atoms with van der Waals surface area (Å²) in [6.07, 6.45) is -4.43. The largest absolute Gasteiger partial charge is 0.454 e. The number of alkyl halides is 3. The predicted octanol–water partition coefficient (Wildman–Crippen LogP) is 4.94. The molecule has 0 aliphatic carbocycles. The van der Waals surface area contributed by atoms with Crippen molar-refractivity contribution in [1.29, 1.82) is 0 Å². The summed E-state index contributed by atoms with van der Waals surface area (Å²) in [6.45, 7) is 0.990. The zero-order chi connectivity index (χ0) is 23.5. The topological polar surface area (TPSA) is 65.4 Å². The van der Waals surface area contributed by atoms with Gasteiger partial charge in [0.25, 0.3) is 0 Å². The van der Waals surface area contributed by atoms with Crippen LogP contribution in [0.3, 0.4) is 0 Å². The fourth-order valence-electron chi connectivity index (χ4n) is 3.40. The van der Waals surface area contributed by atoms with Crippen molar-refractivity contribution in [2.75, 3.05) is 6.61 Å². The second-order valence-corrected chi connectivity index (χ2v) is 7.23. The quantitative estimate of drug-likeness (QED) is 0.383. The van der Waals surface area contributed by atoms with Crippen LogP contribution in [0.25, 0.3) is 0 Å². The first-order valence-electron chi connectivity index (χ1n) is 9.71. The molecule has 0 unspecified atom stereocenters. The Labute approximate surface area is 182 Å². The number of nitrogens with zero attached hydrogens (tertiary/aromatic N) is 1. The van der Waals surface area contributed by atoms with Crippen molar-refractivity contribution in [3.8, 4) is 0 Å². The molecular weight excluding hydrogens is 423 g/mol. The maximum absolute atomic E-state index is 12.8. The molecule has 32 heavy (non-hydrogen) atoms. The highest BCUT2D eigenvalue weighted by Crippen LogP contribution is 2.23. The molecule has 3 rings (SSSR count). The van der Waals surface area contributed by atoms with Gasteiger partial charge in [0.15, 0.2) is 12.4 Å². The summed E-state index contributed by atoms with van der Waals surface area (Å²) in [5, 5.41) is 0. The van der Waals surface area contributed by atoms with Crippen molar-refractivity contribution in [2.45, 2.75) is 26.6 Å². The van der Waals surface area contributed by atoms with Crippen LogP contribution >= 0.6 is 0 Å². The molecule has 0 bridgehead atoms. The summed E-state index contributed by atoms with van der Waals surface area (Å²) in [6, 6.07) is 15.8. The highest BCUT2D eigenvalue weighted by molar-refractivity contribution is 6.14. The molecule has 0 saturated heterocycles. The molecular formula is C24H20F3NO4. The fourth-order valence-corrected chi connectivity index (χ4v) is 3.40. The molecule has 0 amide bonds. The van der Waals surface area contributed by atoms with Gasteiger partial charge in [-0.1, -0.05) is 48.5 Å². The first-order chi connectivity index (χ1) is 15.1. The number of hydrogen-bond donors (Lipinski definition) is 0. The number of Topliss-reactive ketones (excluding diaryl/α,β-unsaturated/α-hetero) is 1. The number of aryl methyl sites for hydroxylation is 1. The highest BCUT2D eigenvalue weighted by Gasteiger charge is 2.30. The third kappa shape index (κ3) is 5.14. The van der Waals surface area contributed by atoms with Crippen LogP contribution in [0, 0.1) is 13.8 Å². The van der Waals surface area contributed by atoms with Gasteiger partial charge < -0.3 is 9.30 Å². The normalized spacial score (nSPS) is 11.3. The van der Waals surface area contributed by atoms with E-state index in [4.69, 9.17) is 4.74 Å². The van der Waals surface area contributed by atoms with Crippen molar-refractivity contribution >= 4 is 17.5 Å². The van der Waals surface area contributed by atoms with Crippen molar-refractivity contribution in [1.82, 2.24) is 4.57 Å². The Kier molecular flexibility index (Phi) is 6.62. The summed E-state index contributed by atoms with van der Waals surface area (Å²) in [5.74, 6) is -1.88. The van der Waals surface area contributed by atoms with E-state index in [-0.39, 0.29) is 33.9 Å². The molecule has 8 heteroatoms. The van der Waals surface area contributed by atoms with Crippen LogP contribution < -0.4 is 0 Å². The molecule has 166 valence electrons. The zero-order valence-corrected chi connectivity index (χ0v) is 17.4. The first kappa shape index (κ1) is 23.0. The van der Waals surface area contributed by atoms with E-state index < -0.39 is 31.1 Å². The Morgan fingerprint density at radius 3 is 2.09 bits per heavy atom. The maximum atomic E-state index is 12.8. The number of esters is 1. The maximum Gasteiger partial charge on any atom is 0.406 e. The van der Waals surface area contributed by atoms with Gasteiger partial charge in [-0.25, -0.2) is 4.79 Å². The van der Waals surface area contributed by atoms with Crippen molar-refractivity contribution in [3.05, 3.63) is 94.3 Å². The van der Waals surface area contributed by atoms with Gasteiger partial charge in [-0.2, -0.15) is 13.2 Å². The Bertz CT molecular complexity index is 1160. The van der Waals surface area contributed by atoms with Crippen LogP contribution in [0.2, 0.25) is 0 Å². The molecule has 0 saturated carbocycles. The Hall–Kier alpha value is -3.68. The minimum absolute atomic E-state index is 0.00306. The monoisotopic (exact) mass is 443 g/mol. The Balaban J connectivity index is 1.76. The first-order valence-corrected chi connectivity index (χ1v) is 9.71. The third-order valence-electron chi connectivity index (χ3n) is 4.97. The predicted molar refractivity (Wildman–Crippen MR) is 111 cm³/mol. The molecule has 0 spiro atoms. The molecule has 0 atom stereocenters. The molecule has 1 heterocycles. The Morgan fingerprint density at radius 2 is 1.47 bits per heavy atom. The molecule has 5 nitrogen and oxygen atoms in total. The van der Waals surface area contributed by atoms with Gasteiger partial charge >= 0.3 is 12.1 Å². The molecule has 1 aromatic heterocycles. The molecule has 0 radical (unpaired) electrons. The van der Waals surface area contributed by atoms with E-state index >= 15 is 0 Å². The Morgan fingerprint density at radius 1 is 0.875 bits per heavy atom. The van der Waals surface area contributed by atoms with Gasteiger partial charge in [0, 0.05) is 28.1 Å². The number of halogens is 3. The van der Waals surface area contributed by atoms with Crippen LogP contribution in [0.1, 0.15) is 48.0 Å². The third-order valence-corrected chi connectivity index (χ3v) is 4.97. The minimum atomic E-state index is -4.43. The number of rotatable bonds is 7. The molecule has 0 aliphatic rings. The lowest BCUT2D eigenvalue weighted by atomic mass is 9.98. The molecule has 0 aliphatic heterocycles. The van der Waals surface area contributed by atoms with Crippen molar-refractivity contribution in [2.24, 2.45) is 0 Å².